The Bertz CT molecular complexity index is 987. The minimum atomic E-state index is -0.703. The standard InChI is InChI=1S/C18H11Cl3N2O3S/c19-11-5-10(6-12(20)7-11)17(25)26-8-16(24)23-18-22-15(9-27-18)13-3-1-2-4-14(13)21/h1-7,9H,8H2,(H,22,23,24). The van der Waals surface area contributed by atoms with E-state index in [-0.39, 0.29) is 5.56 Å². The van der Waals surface area contributed by atoms with Crippen LogP contribution in [0.3, 0.4) is 0 Å². The van der Waals surface area contributed by atoms with Gasteiger partial charge in [0, 0.05) is 26.0 Å². The van der Waals surface area contributed by atoms with E-state index >= 15 is 0 Å². The fraction of sp³-hybridized carbons (Fsp3) is 0.0556. The molecule has 0 aliphatic carbocycles. The van der Waals surface area contributed by atoms with E-state index in [0.29, 0.717) is 25.9 Å². The highest BCUT2D eigenvalue weighted by molar-refractivity contribution is 7.14. The minimum absolute atomic E-state index is 0.163. The fourth-order valence-corrected chi connectivity index (χ4v) is 3.65. The lowest BCUT2D eigenvalue weighted by Gasteiger charge is -2.05. The van der Waals surface area contributed by atoms with E-state index in [4.69, 9.17) is 39.5 Å². The van der Waals surface area contributed by atoms with Crippen LogP contribution >= 0.6 is 46.1 Å². The molecule has 2 aromatic carbocycles. The van der Waals surface area contributed by atoms with Gasteiger partial charge in [-0.25, -0.2) is 9.78 Å². The lowest BCUT2D eigenvalue weighted by atomic mass is 10.2. The number of esters is 1. The molecule has 1 N–H and O–H groups in total. The van der Waals surface area contributed by atoms with Crippen LogP contribution in [0.25, 0.3) is 11.3 Å². The number of amides is 1. The van der Waals surface area contributed by atoms with Gasteiger partial charge in [-0.15, -0.1) is 11.3 Å². The predicted molar refractivity (Wildman–Crippen MR) is 108 cm³/mol. The first-order valence-electron chi connectivity index (χ1n) is 7.56. The normalized spacial score (nSPS) is 10.5. The average Bonchev–Trinajstić information content (AvgIpc) is 3.07. The Morgan fingerprint density at radius 1 is 1.07 bits per heavy atom. The van der Waals surface area contributed by atoms with Crippen LogP contribution in [0.15, 0.2) is 47.8 Å². The van der Waals surface area contributed by atoms with Crippen molar-refractivity contribution in [3.8, 4) is 11.3 Å². The van der Waals surface area contributed by atoms with Gasteiger partial charge >= 0.3 is 5.97 Å². The van der Waals surface area contributed by atoms with Gasteiger partial charge in [0.25, 0.3) is 5.91 Å². The number of halogens is 3. The molecule has 27 heavy (non-hydrogen) atoms. The zero-order valence-electron chi connectivity index (χ0n) is 13.5. The first kappa shape index (κ1) is 19.6. The number of aromatic nitrogens is 1. The van der Waals surface area contributed by atoms with E-state index in [1.807, 2.05) is 18.2 Å². The number of ether oxygens (including phenoxy) is 1. The first-order chi connectivity index (χ1) is 12.9. The number of carbonyl (C=O) groups excluding carboxylic acids is 2. The molecule has 1 amide bonds. The third-order valence-corrected chi connectivity index (χ3v) is 4.86. The summed E-state index contributed by atoms with van der Waals surface area (Å²) >= 11 is 19.1. The maximum atomic E-state index is 12.0. The van der Waals surface area contributed by atoms with Crippen molar-refractivity contribution in [1.29, 1.82) is 0 Å². The largest absolute Gasteiger partial charge is 0.452 e. The third-order valence-electron chi connectivity index (χ3n) is 3.33. The Morgan fingerprint density at radius 3 is 2.48 bits per heavy atom. The predicted octanol–water partition coefficient (Wildman–Crippen LogP) is 5.57. The van der Waals surface area contributed by atoms with Crippen molar-refractivity contribution < 1.29 is 14.3 Å². The lowest BCUT2D eigenvalue weighted by Crippen LogP contribution is -2.20. The highest BCUT2D eigenvalue weighted by Crippen LogP contribution is 2.30. The van der Waals surface area contributed by atoms with Crippen molar-refractivity contribution in [3.05, 3.63) is 68.5 Å². The zero-order chi connectivity index (χ0) is 19.4. The second kappa shape index (κ2) is 8.71. The van der Waals surface area contributed by atoms with Crippen molar-refractivity contribution in [3.63, 3.8) is 0 Å². The summed E-state index contributed by atoms with van der Waals surface area (Å²) < 4.78 is 4.97. The molecule has 0 radical (unpaired) electrons. The number of anilines is 1. The molecule has 0 saturated heterocycles. The van der Waals surface area contributed by atoms with Gasteiger partial charge in [-0.05, 0) is 24.3 Å². The summed E-state index contributed by atoms with van der Waals surface area (Å²) in [5, 5.41) is 5.89. The first-order valence-corrected chi connectivity index (χ1v) is 9.57. The number of carbonyl (C=O) groups is 2. The van der Waals surface area contributed by atoms with Gasteiger partial charge < -0.3 is 4.74 Å². The molecule has 0 unspecified atom stereocenters. The maximum Gasteiger partial charge on any atom is 0.338 e. The van der Waals surface area contributed by atoms with Crippen LogP contribution in [0.1, 0.15) is 10.4 Å². The van der Waals surface area contributed by atoms with Crippen molar-refractivity contribution in [2.45, 2.75) is 0 Å². The summed E-state index contributed by atoms with van der Waals surface area (Å²) in [4.78, 5) is 28.3. The van der Waals surface area contributed by atoms with Crippen LogP contribution < -0.4 is 5.32 Å². The van der Waals surface area contributed by atoms with E-state index in [2.05, 4.69) is 10.3 Å². The fourth-order valence-electron chi connectivity index (χ4n) is 2.17. The van der Waals surface area contributed by atoms with E-state index < -0.39 is 18.5 Å². The molecule has 1 aromatic heterocycles. The second-order valence-electron chi connectivity index (χ2n) is 5.30. The van der Waals surface area contributed by atoms with Gasteiger partial charge in [0.15, 0.2) is 11.7 Å². The maximum absolute atomic E-state index is 12.0. The van der Waals surface area contributed by atoms with Gasteiger partial charge in [0.2, 0.25) is 0 Å². The second-order valence-corrected chi connectivity index (χ2v) is 7.44. The topological polar surface area (TPSA) is 68.3 Å². The van der Waals surface area contributed by atoms with E-state index in [1.165, 1.54) is 29.5 Å². The van der Waals surface area contributed by atoms with Gasteiger partial charge in [-0.3, -0.25) is 10.1 Å². The SMILES string of the molecule is O=C(COC(=O)c1cc(Cl)cc(Cl)c1)Nc1nc(-c2ccccc2Cl)cs1. The Kier molecular flexibility index (Phi) is 6.34. The van der Waals surface area contributed by atoms with Crippen LogP contribution in [0, 0.1) is 0 Å². The van der Waals surface area contributed by atoms with Crippen molar-refractivity contribution in [2.24, 2.45) is 0 Å². The molecule has 0 fully saturated rings. The molecular weight excluding hydrogens is 431 g/mol. The van der Waals surface area contributed by atoms with Crippen molar-refractivity contribution in [2.75, 3.05) is 11.9 Å². The van der Waals surface area contributed by atoms with E-state index in [9.17, 15) is 9.59 Å². The molecular formula is C18H11Cl3N2O3S. The van der Waals surface area contributed by atoms with Crippen LogP contribution in [-0.2, 0) is 9.53 Å². The molecule has 0 atom stereocenters. The number of thiazole rings is 1. The Morgan fingerprint density at radius 2 is 1.78 bits per heavy atom. The van der Waals surface area contributed by atoms with E-state index in [1.54, 1.807) is 11.4 Å². The summed E-state index contributed by atoms with van der Waals surface area (Å²) in [6.45, 7) is -0.468. The zero-order valence-corrected chi connectivity index (χ0v) is 16.6. The van der Waals surface area contributed by atoms with E-state index in [0.717, 1.165) is 5.56 Å². The van der Waals surface area contributed by atoms with Crippen LogP contribution in [0.4, 0.5) is 5.13 Å². The number of benzene rings is 2. The number of hydrogen-bond acceptors (Lipinski definition) is 5. The van der Waals surface area contributed by atoms with Crippen LogP contribution in [0.2, 0.25) is 15.1 Å². The van der Waals surface area contributed by atoms with Crippen LogP contribution in [-0.4, -0.2) is 23.5 Å². The molecule has 3 rings (SSSR count). The summed E-state index contributed by atoms with van der Waals surface area (Å²) in [6, 6.07) is 11.6. The van der Waals surface area contributed by atoms with Gasteiger partial charge in [0.05, 0.1) is 11.3 Å². The highest BCUT2D eigenvalue weighted by Gasteiger charge is 2.14. The number of rotatable bonds is 5. The Balaban J connectivity index is 1.58. The van der Waals surface area contributed by atoms with Crippen molar-refractivity contribution in [1.82, 2.24) is 4.98 Å². The highest BCUT2D eigenvalue weighted by atomic mass is 35.5. The molecule has 0 aliphatic heterocycles. The summed E-state index contributed by atoms with van der Waals surface area (Å²) in [6.07, 6.45) is 0. The van der Waals surface area contributed by atoms with Crippen molar-refractivity contribution >= 4 is 63.1 Å². The quantitative estimate of drug-likeness (QED) is 0.526. The van der Waals surface area contributed by atoms with Crippen LogP contribution in [0.5, 0.6) is 0 Å². The minimum Gasteiger partial charge on any atom is -0.452 e. The molecule has 3 aromatic rings. The molecule has 138 valence electrons. The monoisotopic (exact) mass is 440 g/mol. The number of hydrogen-bond donors (Lipinski definition) is 1. The smallest absolute Gasteiger partial charge is 0.338 e. The van der Waals surface area contributed by atoms with Gasteiger partial charge in [-0.1, -0.05) is 53.0 Å². The molecule has 9 heteroatoms. The molecule has 0 saturated carbocycles. The Labute approximate surface area is 173 Å². The lowest BCUT2D eigenvalue weighted by molar-refractivity contribution is -0.119. The molecule has 1 heterocycles. The van der Waals surface area contributed by atoms with Gasteiger partial charge in [0.1, 0.15) is 0 Å². The number of nitrogens with one attached hydrogen (secondary N) is 1. The molecule has 0 bridgehead atoms. The third kappa shape index (κ3) is 5.20. The molecule has 0 spiro atoms. The molecule has 5 nitrogen and oxygen atoms in total. The molecule has 0 aliphatic rings. The van der Waals surface area contributed by atoms with Gasteiger partial charge in [-0.2, -0.15) is 0 Å². The summed E-state index contributed by atoms with van der Waals surface area (Å²) in [5.74, 6) is -1.22. The average molecular weight is 442 g/mol. The number of nitrogens with zero attached hydrogens (tertiary/aromatic N) is 1. The summed E-state index contributed by atoms with van der Waals surface area (Å²) in [5.41, 5.74) is 1.57. The summed E-state index contributed by atoms with van der Waals surface area (Å²) in [7, 11) is 0. The Hall–Kier alpha value is -2.12.